The summed E-state index contributed by atoms with van der Waals surface area (Å²) < 4.78 is 1.84. The number of para-hydroxylation sites is 1. The molecular weight excluding hydrogens is 464 g/mol. The summed E-state index contributed by atoms with van der Waals surface area (Å²) in [7, 11) is 0. The van der Waals surface area contributed by atoms with Crippen molar-refractivity contribution in [2.45, 2.75) is 38.6 Å². The Bertz CT molecular complexity index is 1430. The van der Waals surface area contributed by atoms with Crippen LogP contribution in [-0.2, 0) is 9.59 Å². The molecule has 3 aromatic carbocycles. The highest BCUT2D eigenvalue weighted by atomic mass is 16.4. The van der Waals surface area contributed by atoms with Crippen molar-refractivity contribution >= 4 is 17.6 Å². The van der Waals surface area contributed by atoms with E-state index in [1.165, 1.54) is 5.01 Å². The number of carbonyl (C=O) groups is 2. The summed E-state index contributed by atoms with van der Waals surface area (Å²) in [4.78, 5) is 24.4. The third kappa shape index (κ3) is 5.35. The predicted octanol–water partition coefficient (Wildman–Crippen LogP) is 5.78. The largest absolute Gasteiger partial charge is 0.481 e. The van der Waals surface area contributed by atoms with Gasteiger partial charge in [-0.2, -0.15) is 10.2 Å². The van der Waals surface area contributed by atoms with Crippen LogP contribution in [0.2, 0.25) is 0 Å². The average Bonchev–Trinajstić information content (AvgIpc) is 3.55. The number of aromatic nitrogens is 2. The van der Waals surface area contributed by atoms with E-state index >= 15 is 0 Å². The summed E-state index contributed by atoms with van der Waals surface area (Å²) in [6.45, 7) is 2.03. The van der Waals surface area contributed by atoms with E-state index in [0.717, 1.165) is 39.3 Å². The molecule has 1 aliphatic rings. The van der Waals surface area contributed by atoms with Gasteiger partial charge in [0.1, 0.15) is 0 Å². The standard InChI is InChI=1S/C30H28N4O3/c1-21-15-17-22(18-16-21)26-19-27(34(31-26)28(35)13-8-14-29(36)37)25-20-33(24-11-6-3-7-12-24)32-30(25)23-9-4-2-5-10-23/h2-7,9-12,15-18,20,27H,8,13-14,19H2,1H3,(H,36,37)/t27-/m0/s1. The Labute approximate surface area is 215 Å². The molecule has 1 atom stereocenters. The van der Waals surface area contributed by atoms with Crippen LogP contribution in [0.4, 0.5) is 0 Å². The van der Waals surface area contributed by atoms with Crippen molar-refractivity contribution < 1.29 is 14.7 Å². The minimum absolute atomic E-state index is 0.0556. The number of hydrogen-bond donors (Lipinski definition) is 1. The fourth-order valence-corrected chi connectivity index (χ4v) is 4.57. The van der Waals surface area contributed by atoms with Crippen molar-refractivity contribution in [3.63, 3.8) is 0 Å². The van der Waals surface area contributed by atoms with Crippen molar-refractivity contribution in [3.05, 3.63) is 108 Å². The summed E-state index contributed by atoms with van der Waals surface area (Å²) in [5.74, 6) is -1.11. The molecule has 0 saturated heterocycles. The molecule has 0 saturated carbocycles. The Hall–Kier alpha value is -4.52. The van der Waals surface area contributed by atoms with Gasteiger partial charge in [-0.05, 0) is 31.0 Å². The van der Waals surface area contributed by atoms with E-state index in [4.69, 9.17) is 15.3 Å². The molecule has 0 spiro atoms. The molecule has 0 radical (unpaired) electrons. The predicted molar refractivity (Wildman–Crippen MR) is 142 cm³/mol. The van der Waals surface area contributed by atoms with Gasteiger partial charge in [-0.15, -0.1) is 0 Å². The van der Waals surface area contributed by atoms with Crippen molar-refractivity contribution in [1.82, 2.24) is 14.8 Å². The fourth-order valence-electron chi connectivity index (χ4n) is 4.57. The number of carbonyl (C=O) groups excluding carboxylic acids is 1. The molecule has 1 N–H and O–H groups in total. The minimum atomic E-state index is -0.912. The summed E-state index contributed by atoms with van der Waals surface area (Å²) in [6.07, 6.45) is 2.84. The fraction of sp³-hybridized carbons (Fsp3) is 0.200. The molecule has 7 heteroatoms. The summed E-state index contributed by atoms with van der Waals surface area (Å²) in [6, 6.07) is 27.5. The van der Waals surface area contributed by atoms with Crippen LogP contribution in [0.5, 0.6) is 0 Å². The van der Waals surface area contributed by atoms with E-state index in [0.29, 0.717) is 6.42 Å². The quantitative estimate of drug-likeness (QED) is 0.338. The molecule has 4 aromatic rings. The third-order valence-corrected chi connectivity index (χ3v) is 6.50. The van der Waals surface area contributed by atoms with E-state index in [-0.39, 0.29) is 31.2 Å². The highest BCUT2D eigenvalue weighted by Gasteiger charge is 2.36. The van der Waals surface area contributed by atoms with Gasteiger partial charge in [-0.25, -0.2) is 9.69 Å². The van der Waals surface area contributed by atoms with Crippen LogP contribution in [0.3, 0.4) is 0 Å². The SMILES string of the molecule is Cc1ccc(C2=NN(C(=O)CCCC(=O)O)[C@H](c3cn(-c4ccccc4)nc3-c3ccccc3)C2)cc1. The second kappa shape index (κ2) is 10.6. The molecule has 0 fully saturated rings. The zero-order valence-electron chi connectivity index (χ0n) is 20.6. The zero-order valence-corrected chi connectivity index (χ0v) is 20.6. The number of carboxylic acids is 1. The number of hydrazone groups is 1. The summed E-state index contributed by atoms with van der Waals surface area (Å²) >= 11 is 0. The number of nitrogens with zero attached hydrogens (tertiary/aromatic N) is 4. The normalized spacial score (nSPS) is 15.0. The molecule has 1 aromatic heterocycles. The first-order valence-electron chi connectivity index (χ1n) is 12.4. The minimum Gasteiger partial charge on any atom is -0.481 e. The van der Waals surface area contributed by atoms with Gasteiger partial charge in [0.15, 0.2) is 0 Å². The van der Waals surface area contributed by atoms with E-state index in [1.54, 1.807) is 0 Å². The Morgan fingerprint density at radius 1 is 0.892 bits per heavy atom. The second-order valence-electron chi connectivity index (χ2n) is 9.20. The lowest BCUT2D eigenvalue weighted by atomic mass is 9.96. The highest BCUT2D eigenvalue weighted by molar-refractivity contribution is 6.03. The number of rotatable bonds is 8. The maximum absolute atomic E-state index is 13.4. The van der Waals surface area contributed by atoms with E-state index < -0.39 is 5.97 Å². The van der Waals surface area contributed by atoms with Crippen LogP contribution >= 0.6 is 0 Å². The topological polar surface area (TPSA) is 87.8 Å². The van der Waals surface area contributed by atoms with Crippen molar-refractivity contribution in [2.24, 2.45) is 5.10 Å². The van der Waals surface area contributed by atoms with Crippen molar-refractivity contribution in [2.75, 3.05) is 0 Å². The Morgan fingerprint density at radius 3 is 2.24 bits per heavy atom. The average molecular weight is 493 g/mol. The number of carboxylic acid groups (broad SMARTS) is 1. The number of hydrogen-bond acceptors (Lipinski definition) is 4. The molecule has 1 amide bonds. The van der Waals surface area contributed by atoms with E-state index in [9.17, 15) is 9.59 Å². The molecule has 2 heterocycles. The molecule has 0 unspecified atom stereocenters. The first kappa shape index (κ1) is 24.2. The monoisotopic (exact) mass is 492 g/mol. The highest BCUT2D eigenvalue weighted by Crippen LogP contribution is 2.38. The first-order chi connectivity index (χ1) is 18.0. The van der Waals surface area contributed by atoms with Gasteiger partial charge in [0, 0.05) is 36.6 Å². The molecular formula is C30H28N4O3. The molecule has 0 aliphatic carbocycles. The van der Waals surface area contributed by atoms with Gasteiger partial charge < -0.3 is 5.11 Å². The third-order valence-electron chi connectivity index (χ3n) is 6.50. The molecule has 186 valence electrons. The smallest absolute Gasteiger partial charge is 0.303 e. The second-order valence-corrected chi connectivity index (χ2v) is 9.20. The van der Waals surface area contributed by atoms with E-state index in [2.05, 4.69) is 0 Å². The molecule has 7 nitrogen and oxygen atoms in total. The molecule has 37 heavy (non-hydrogen) atoms. The van der Waals surface area contributed by atoms with Crippen LogP contribution in [0.1, 0.15) is 48.4 Å². The molecule has 1 aliphatic heterocycles. The number of aryl methyl sites for hydroxylation is 1. The first-order valence-corrected chi connectivity index (χ1v) is 12.4. The van der Waals surface area contributed by atoms with Gasteiger partial charge in [0.25, 0.3) is 0 Å². The van der Waals surface area contributed by atoms with Crippen molar-refractivity contribution in [1.29, 1.82) is 0 Å². The van der Waals surface area contributed by atoms with Gasteiger partial charge in [-0.3, -0.25) is 9.59 Å². The van der Waals surface area contributed by atoms with Crippen LogP contribution < -0.4 is 0 Å². The molecule has 0 bridgehead atoms. The van der Waals surface area contributed by atoms with E-state index in [1.807, 2.05) is 103 Å². The maximum atomic E-state index is 13.4. The number of amides is 1. The van der Waals surface area contributed by atoms with Crippen LogP contribution in [0, 0.1) is 6.92 Å². The van der Waals surface area contributed by atoms with Crippen LogP contribution in [0.25, 0.3) is 16.9 Å². The zero-order chi connectivity index (χ0) is 25.8. The summed E-state index contributed by atoms with van der Waals surface area (Å²) in [5.41, 5.74) is 6.50. The van der Waals surface area contributed by atoms with Crippen LogP contribution in [0.15, 0.2) is 96.2 Å². The van der Waals surface area contributed by atoms with Gasteiger partial charge >= 0.3 is 5.97 Å². The number of aliphatic carboxylic acids is 1. The van der Waals surface area contributed by atoms with Gasteiger partial charge in [0.05, 0.1) is 23.1 Å². The van der Waals surface area contributed by atoms with Gasteiger partial charge in [-0.1, -0.05) is 78.4 Å². The summed E-state index contributed by atoms with van der Waals surface area (Å²) in [5, 5.41) is 20.3. The van der Waals surface area contributed by atoms with Crippen LogP contribution in [-0.4, -0.2) is 37.5 Å². The Balaban J connectivity index is 1.56. The lowest BCUT2D eigenvalue weighted by Gasteiger charge is -2.22. The van der Waals surface area contributed by atoms with Crippen molar-refractivity contribution in [3.8, 4) is 16.9 Å². The van der Waals surface area contributed by atoms with Gasteiger partial charge in [0.2, 0.25) is 5.91 Å². The maximum Gasteiger partial charge on any atom is 0.303 e. The Morgan fingerprint density at radius 2 is 1.57 bits per heavy atom. The lowest BCUT2D eigenvalue weighted by molar-refractivity contribution is -0.137. The number of benzene rings is 3. The Kier molecular flexibility index (Phi) is 6.94. The molecule has 5 rings (SSSR count). The lowest BCUT2D eigenvalue weighted by Crippen LogP contribution is -2.27.